The summed E-state index contributed by atoms with van der Waals surface area (Å²) in [5.74, 6) is 2.90. The predicted octanol–water partition coefficient (Wildman–Crippen LogP) is 13.6. The van der Waals surface area contributed by atoms with Crippen molar-refractivity contribution in [3.05, 3.63) is 80.5 Å². The number of hydrogen-bond donors (Lipinski definition) is 0. The van der Waals surface area contributed by atoms with Crippen molar-refractivity contribution in [3.63, 3.8) is 0 Å². The Kier molecular flexibility index (Phi) is 9.53. The Balaban J connectivity index is 2.03. The van der Waals surface area contributed by atoms with Gasteiger partial charge in [-0.3, -0.25) is 0 Å². The monoisotopic (exact) mass is 570 g/mol. The smallest absolute Gasteiger partial charge is 0.0527 e. The molecule has 0 bridgehead atoms. The van der Waals surface area contributed by atoms with Gasteiger partial charge in [-0.1, -0.05) is 107 Å². The van der Waals surface area contributed by atoms with E-state index < -0.39 is 0 Å². The standard InChI is InChI=1S/C38H50S2/c1-21(2)27-17-31(23(5)6)35(32(18-27)24(7)8)29-13-15-39-37(29)38-30(14-16-40-38)36-33(25(9)10)19-28(22(3)4)20-34(36)26(11)12/h13-26H,1-12H3. The Morgan fingerprint density at radius 3 is 0.900 bits per heavy atom. The molecule has 4 rings (SSSR count). The van der Waals surface area contributed by atoms with Crippen LogP contribution in [0, 0.1) is 0 Å². The molecule has 2 aromatic heterocycles. The van der Waals surface area contributed by atoms with Gasteiger partial charge in [-0.2, -0.15) is 0 Å². The summed E-state index contributed by atoms with van der Waals surface area (Å²) in [5, 5.41) is 4.63. The SMILES string of the molecule is CC(C)c1cc(C(C)C)c(-c2ccsc2-c2sccc2-c2c(C(C)C)cc(C(C)C)cc2C(C)C)c(C(C)C)c1. The minimum absolute atomic E-state index is 0.463. The van der Waals surface area contributed by atoms with E-state index in [0.29, 0.717) is 35.5 Å². The molecular formula is C38H50S2. The van der Waals surface area contributed by atoms with Crippen LogP contribution >= 0.6 is 22.7 Å². The lowest BCUT2D eigenvalue weighted by atomic mass is 9.80. The molecule has 0 amide bonds. The topological polar surface area (TPSA) is 0 Å². The van der Waals surface area contributed by atoms with E-state index in [0.717, 1.165) is 0 Å². The third kappa shape index (κ3) is 5.90. The van der Waals surface area contributed by atoms with E-state index in [4.69, 9.17) is 0 Å². The average Bonchev–Trinajstić information content (AvgIpc) is 3.56. The highest BCUT2D eigenvalue weighted by atomic mass is 32.1. The summed E-state index contributed by atoms with van der Waals surface area (Å²) in [4.78, 5) is 2.84. The van der Waals surface area contributed by atoms with Gasteiger partial charge < -0.3 is 0 Å². The zero-order valence-corrected chi connectivity index (χ0v) is 28.5. The van der Waals surface area contributed by atoms with Gasteiger partial charge >= 0.3 is 0 Å². The van der Waals surface area contributed by atoms with Gasteiger partial charge in [-0.05, 0) is 103 Å². The third-order valence-corrected chi connectivity index (χ3v) is 10.3. The number of thiophene rings is 2. The van der Waals surface area contributed by atoms with Gasteiger partial charge in [0, 0.05) is 11.1 Å². The minimum atomic E-state index is 0.463. The molecule has 0 aliphatic rings. The zero-order chi connectivity index (χ0) is 29.5. The highest BCUT2D eigenvalue weighted by Gasteiger charge is 2.26. The number of hydrogen-bond acceptors (Lipinski definition) is 2. The fourth-order valence-electron chi connectivity index (χ4n) is 5.90. The van der Waals surface area contributed by atoms with E-state index in [1.165, 1.54) is 65.4 Å². The molecule has 0 saturated carbocycles. The molecule has 0 unspecified atom stereocenters. The molecule has 0 aliphatic carbocycles. The van der Waals surface area contributed by atoms with Gasteiger partial charge in [0.1, 0.15) is 0 Å². The molecule has 2 heteroatoms. The predicted molar refractivity (Wildman–Crippen MR) is 183 cm³/mol. The van der Waals surface area contributed by atoms with Crippen LogP contribution in [0.1, 0.15) is 152 Å². The van der Waals surface area contributed by atoms with Gasteiger partial charge in [0.15, 0.2) is 0 Å². The third-order valence-electron chi connectivity index (χ3n) is 8.34. The molecule has 214 valence electrons. The van der Waals surface area contributed by atoms with Crippen molar-refractivity contribution in [3.8, 4) is 32.0 Å². The molecule has 0 aliphatic heterocycles. The van der Waals surface area contributed by atoms with Crippen molar-refractivity contribution < 1.29 is 0 Å². The Morgan fingerprint density at radius 1 is 0.400 bits per heavy atom. The van der Waals surface area contributed by atoms with Gasteiger partial charge in [-0.25, -0.2) is 0 Å². The first-order valence-electron chi connectivity index (χ1n) is 15.3. The first-order valence-corrected chi connectivity index (χ1v) is 17.1. The van der Waals surface area contributed by atoms with E-state index in [1.807, 2.05) is 22.7 Å². The molecule has 0 spiro atoms. The molecule has 0 fully saturated rings. The Labute approximate surface area is 252 Å². The Morgan fingerprint density at radius 2 is 0.675 bits per heavy atom. The summed E-state index contributed by atoms with van der Waals surface area (Å²) in [6.45, 7) is 28.1. The van der Waals surface area contributed by atoms with E-state index in [1.54, 1.807) is 0 Å². The molecule has 0 N–H and O–H groups in total. The molecule has 2 heterocycles. The van der Waals surface area contributed by atoms with Crippen LogP contribution in [0.3, 0.4) is 0 Å². The van der Waals surface area contributed by atoms with Crippen LogP contribution in [-0.4, -0.2) is 0 Å². The van der Waals surface area contributed by atoms with Crippen LogP contribution in [-0.2, 0) is 0 Å². The molecule has 0 nitrogen and oxygen atoms in total. The maximum atomic E-state index is 2.49. The highest BCUT2D eigenvalue weighted by Crippen LogP contribution is 2.51. The second-order valence-electron chi connectivity index (χ2n) is 13.4. The van der Waals surface area contributed by atoms with E-state index >= 15 is 0 Å². The lowest BCUT2D eigenvalue weighted by Crippen LogP contribution is -2.04. The molecule has 2 aromatic carbocycles. The molecule has 0 saturated heterocycles. The van der Waals surface area contributed by atoms with Crippen molar-refractivity contribution >= 4 is 22.7 Å². The second kappa shape index (κ2) is 12.4. The van der Waals surface area contributed by atoms with Gasteiger partial charge in [0.05, 0.1) is 9.75 Å². The fourth-order valence-corrected chi connectivity index (χ4v) is 7.89. The van der Waals surface area contributed by atoms with Crippen LogP contribution in [0.25, 0.3) is 32.0 Å². The van der Waals surface area contributed by atoms with Crippen molar-refractivity contribution in [2.75, 3.05) is 0 Å². The first kappa shape index (κ1) is 30.8. The van der Waals surface area contributed by atoms with Crippen LogP contribution in [0.2, 0.25) is 0 Å². The maximum absolute atomic E-state index is 2.49. The van der Waals surface area contributed by atoms with Crippen molar-refractivity contribution in [1.82, 2.24) is 0 Å². The molecule has 0 atom stereocenters. The summed E-state index contributed by atoms with van der Waals surface area (Å²) >= 11 is 3.82. The quantitative estimate of drug-likeness (QED) is 0.188. The minimum Gasteiger partial charge on any atom is -0.142 e. The summed E-state index contributed by atoms with van der Waals surface area (Å²) < 4.78 is 0. The van der Waals surface area contributed by atoms with Crippen LogP contribution < -0.4 is 0 Å². The van der Waals surface area contributed by atoms with Crippen LogP contribution in [0.15, 0.2) is 47.2 Å². The lowest BCUT2D eigenvalue weighted by Gasteiger charge is -2.25. The van der Waals surface area contributed by atoms with Gasteiger partial charge in [-0.15, -0.1) is 22.7 Å². The zero-order valence-electron chi connectivity index (χ0n) is 26.9. The van der Waals surface area contributed by atoms with E-state index in [-0.39, 0.29) is 0 Å². The number of benzene rings is 2. The van der Waals surface area contributed by atoms with Crippen LogP contribution in [0.5, 0.6) is 0 Å². The normalized spacial score (nSPS) is 12.3. The van der Waals surface area contributed by atoms with Crippen LogP contribution in [0.4, 0.5) is 0 Å². The average molecular weight is 571 g/mol. The largest absolute Gasteiger partial charge is 0.142 e. The number of rotatable bonds is 9. The van der Waals surface area contributed by atoms with Crippen molar-refractivity contribution in [2.24, 2.45) is 0 Å². The highest BCUT2D eigenvalue weighted by molar-refractivity contribution is 7.21. The summed E-state index contributed by atoms with van der Waals surface area (Å²) in [7, 11) is 0. The molecular weight excluding hydrogens is 521 g/mol. The Bertz CT molecular complexity index is 1280. The lowest BCUT2D eigenvalue weighted by molar-refractivity contribution is 0.807. The van der Waals surface area contributed by atoms with Crippen molar-refractivity contribution in [1.29, 1.82) is 0 Å². The van der Waals surface area contributed by atoms with Gasteiger partial charge in [0.2, 0.25) is 0 Å². The molecule has 40 heavy (non-hydrogen) atoms. The second-order valence-corrected chi connectivity index (χ2v) is 15.2. The summed E-state index contributed by atoms with van der Waals surface area (Å²) in [6.07, 6.45) is 0. The van der Waals surface area contributed by atoms with Crippen molar-refractivity contribution in [2.45, 2.75) is 119 Å². The Hall–Kier alpha value is -2.16. The van der Waals surface area contributed by atoms with Gasteiger partial charge in [0.25, 0.3) is 0 Å². The maximum Gasteiger partial charge on any atom is 0.0527 e. The van der Waals surface area contributed by atoms with E-state index in [9.17, 15) is 0 Å². The molecule has 4 aromatic rings. The summed E-state index contributed by atoms with van der Waals surface area (Å²) in [6, 6.07) is 14.7. The van der Waals surface area contributed by atoms with E-state index in [2.05, 4.69) is 130 Å². The first-order chi connectivity index (χ1) is 18.8. The fraction of sp³-hybridized carbons (Fsp3) is 0.474. The summed E-state index contributed by atoms with van der Waals surface area (Å²) in [5.41, 5.74) is 14.6. The molecule has 0 radical (unpaired) electrons.